The average molecular weight is 416 g/mol. The summed E-state index contributed by atoms with van der Waals surface area (Å²) in [6, 6.07) is 6.51. The van der Waals surface area contributed by atoms with Crippen LogP contribution >= 0.6 is 23.2 Å². The van der Waals surface area contributed by atoms with E-state index in [2.05, 4.69) is 25.6 Å². The topological polar surface area (TPSA) is 113 Å². The number of nitrogens with one attached hydrogen (secondary N) is 3. The Labute approximate surface area is 160 Å². The number of hydrogen-bond donors (Lipinski definition) is 3. The van der Waals surface area contributed by atoms with E-state index >= 15 is 0 Å². The largest absolute Gasteiger partial charge is 0.376 e. The van der Waals surface area contributed by atoms with Gasteiger partial charge in [-0.2, -0.15) is 5.10 Å². The van der Waals surface area contributed by atoms with Gasteiger partial charge in [-0.1, -0.05) is 29.3 Å². The molecule has 0 unspecified atom stereocenters. The molecule has 8 nitrogen and oxygen atoms in total. The van der Waals surface area contributed by atoms with Crippen molar-refractivity contribution in [2.45, 2.75) is 0 Å². The van der Waals surface area contributed by atoms with E-state index in [1.54, 1.807) is 24.3 Å². The first-order valence-electron chi connectivity index (χ1n) is 7.17. The molecule has 3 N–H and O–H groups in total. The summed E-state index contributed by atoms with van der Waals surface area (Å²) in [6.45, 7) is -0.0719. The van der Waals surface area contributed by atoms with Crippen LogP contribution < -0.4 is 15.5 Å². The summed E-state index contributed by atoms with van der Waals surface area (Å²) in [5.41, 5.74) is 3.72. The lowest BCUT2D eigenvalue weighted by molar-refractivity contribution is -0.119. The molecule has 0 radical (unpaired) electrons. The van der Waals surface area contributed by atoms with Crippen LogP contribution in [0.4, 0.5) is 11.4 Å². The van der Waals surface area contributed by atoms with Gasteiger partial charge in [0.25, 0.3) is 5.91 Å². The summed E-state index contributed by atoms with van der Waals surface area (Å²) in [5, 5.41) is 7.27. The number of anilines is 2. The molecule has 0 bridgehead atoms. The summed E-state index contributed by atoms with van der Waals surface area (Å²) in [4.78, 5) is 15.6. The van der Waals surface area contributed by atoms with Crippen molar-refractivity contribution in [3.8, 4) is 0 Å². The standard InChI is InChI=1S/C15H15Cl2N5O3S/c1-26(24,25)22-11-4-2-3-10(5-11)19-9-15(23)21-20-6-12-13(16)7-18-8-14(12)17/h2-8,19,22H,9H2,1H3,(H,21,23). The zero-order valence-electron chi connectivity index (χ0n) is 13.5. The molecular formula is C15H15Cl2N5O3S. The number of rotatable bonds is 7. The number of sulfonamides is 1. The smallest absolute Gasteiger partial charge is 0.259 e. The highest BCUT2D eigenvalue weighted by Crippen LogP contribution is 2.20. The van der Waals surface area contributed by atoms with E-state index in [1.807, 2.05) is 0 Å². The molecule has 0 saturated carbocycles. The van der Waals surface area contributed by atoms with Gasteiger partial charge in [0.1, 0.15) is 0 Å². The molecule has 0 aliphatic heterocycles. The summed E-state index contributed by atoms with van der Waals surface area (Å²) in [5.74, 6) is -0.413. The second-order valence-electron chi connectivity index (χ2n) is 5.12. The Kier molecular flexibility index (Phi) is 6.78. The van der Waals surface area contributed by atoms with E-state index in [0.29, 0.717) is 27.0 Å². The molecule has 138 valence electrons. The van der Waals surface area contributed by atoms with E-state index in [0.717, 1.165) is 6.26 Å². The van der Waals surface area contributed by atoms with Gasteiger partial charge in [0, 0.05) is 23.6 Å². The third-order valence-corrected chi connectivity index (χ3v) is 4.10. The quantitative estimate of drug-likeness (QED) is 0.474. The number of aromatic nitrogens is 1. The van der Waals surface area contributed by atoms with Crippen LogP contribution in [0.1, 0.15) is 5.56 Å². The van der Waals surface area contributed by atoms with Gasteiger partial charge in [-0.3, -0.25) is 14.5 Å². The van der Waals surface area contributed by atoms with E-state index in [-0.39, 0.29) is 6.54 Å². The Bertz CT molecular complexity index is 914. The number of hydrogen-bond acceptors (Lipinski definition) is 6. The lowest BCUT2D eigenvalue weighted by Gasteiger charge is -2.08. The first kappa shape index (κ1) is 20.0. The van der Waals surface area contributed by atoms with Crippen molar-refractivity contribution in [1.29, 1.82) is 0 Å². The summed E-state index contributed by atoms with van der Waals surface area (Å²) < 4.78 is 24.8. The Balaban J connectivity index is 1.89. The van der Waals surface area contributed by atoms with Gasteiger partial charge in [0.05, 0.1) is 34.7 Å². The minimum Gasteiger partial charge on any atom is -0.376 e. The number of carbonyl (C=O) groups excluding carboxylic acids is 1. The van der Waals surface area contributed by atoms with Gasteiger partial charge in [0.15, 0.2) is 0 Å². The van der Waals surface area contributed by atoms with Gasteiger partial charge >= 0.3 is 0 Å². The molecule has 1 aromatic carbocycles. The lowest BCUT2D eigenvalue weighted by Crippen LogP contribution is -2.26. The second-order valence-corrected chi connectivity index (χ2v) is 7.68. The number of hydrazone groups is 1. The molecule has 1 aromatic heterocycles. The van der Waals surface area contributed by atoms with E-state index in [4.69, 9.17) is 23.2 Å². The van der Waals surface area contributed by atoms with Crippen molar-refractivity contribution in [3.05, 3.63) is 52.3 Å². The molecule has 11 heteroatoms. The Morgan fingerprint density at radius 2 is 1.88 bits per heavy atom. The van der Waals surface area contributed by atoms with Crippen molar-refractivity contribution in [2.75, 3.05) is 22.8 Å². The fourth-order valence-corrected chi connectivity index (χ4v) is 2.86. The van der Waals surface area contributed by atoms with E-state index in [9.17, 15) is 13.2 Å². The SMILES string of the molecule is CS(=O)(=O)Nc1cccc(NCC(=O)NN=Cc2c(Cl)cncc2Cl)c1. The molecule has 0 aliphatic rings. The van der Waals surface area contributed by atoms with Crippen LogP contribution in [0.5, 0.6) is 0 Å². The van der Waals surface area contributed by atoms with Crippen LogP contribution in [0.3, 0.4) is 0 Å². The molecular weight excluding hydrogens is 401 g/mol. The van der Waals surface area contributed by atoms with Crippen LogP contribution in [0.25, 0.3) is 0 Å². The van der Waals surface area contributed by atoms with Gasteiger partial charge in [-0.25, -0.2) is 13.8 Å². The van der Waals surface area contributed by atoms with Gasteiger partial charge in [-0.15, -0.1) is 0 Å². The van der Waals surface area contributed by atoms with Gasteiger partial charge in [-0.05, 0) is 18.2 Å². The zero-order chi connectivity index (χ0) is 19.2. The first-order valence-corrected chi connectivity index (χ1v) is 9.82. The van der Waals surface area contributed by atoms with Crippen LogP contribution in [0.2, 0.25) is 10.0 Å². The highest BCUT2D eigenvalue weighted by molar-refractivity contribution is 7.92. The van der Waals surface area contributed by atoms with Crippen LogP contribution in [-0.4, -0.2) is 38.3 Å². The maximum atomic E-state index is 11.8. The fraction of sp³-hybridized carbons (Fsp3) is 0.133. The summed E-state index contributed by atoms with van der Waals surface area (Å²) in [6.07, 6.45) is 5.20. The Morgan fingerprint density at radius 1 is 1.23 bits per heavy atom. The minimum absolute atomic E-state index is 0.0719. The number of benzene rings is 1. The number of pyridine rings is 1. The molecule has 26 heavy (non-hydrogen) atoms. The molecule has 0 spiro atoms. The predicted octanol–water partition coefficient (Wildman–Crippen LogP) is 2.32. The Morgan fingerprint density at radius 3 is 2.54 bits per heavy atom. The van der Waals surface area contributed by atoms with Crippen molar-refractivity contribution >= 4 is 56.7 Å². The maximum Gasteiger partial charge on any atom is 0.259 e. The Hall–Kier alpha value is -2.36. The average Bonchev–Trinajstić information content (AvgIpc) is 2.54. The van der Waals surface area contributed by atoms with Crippen LogP contribution in [0, 0.1) is 0 Å². The summed E-state index contributed by atoms with van der Waals surface area (Å²) in [7, 11) is -3.37. The van der Waals surface area contributed by atoms with Crippen molar-refractivity contribution in [2.24, 2.45) is 5.10 Å². The number of halogens is 2. The molecule has 1 heterocycles. The minimum atomic E-state index is -3.37. The third kappa shape index (κ3) is 6.51. The third-order valence-electron chi connectivity index (χ3n) is 2.89. The number of amides is 1. The zero-order valence-corrected chi connectivity index (χ0v) is 15.9. The van der Waals surface area contributed by atoms with Crippen molar-refractivity contribution < 1.29 is 13.2 Å². The normalized spacial score (nSPS) is 11.3. The fourth-order valence-electron chi connectivity index (χ4n) is 1.84. The molecule has 0 fully saturated rings. The molecule has 1 amide bonds. The van der Waals surface area contributed by atoms with Gasteiger partial charge < -0.3 is 5.32 Å². The monoisotopic (exact) mass is 415 g/mol. The first-order chi connectivity index (χ1) is 12.2. The maximum absolute atomic E-state index is 11.8. The number of carbonyl (C=O) groups is 1. The highest BCUT2D eigenvalue weighted by atomic mass is 35.5. The molecule has 0 atom stereocenters. The molecule has 0 saturated heterocycles. The van der Waals surface area contributed by atoms with Crippen molar-refractivity contribution in [1.82, 2.24) is 10.4 Å². The van der Waals surface area contributed by atoms with E-state index < -0.39 is 15.9 Å². The second kappa shape index (κ2) is 8.84. The van der Waals surface area contributed by atoms with Crippen molar-refractivity contribution in [3.63, 3.8) is 0 Å². The number of nitrogens with zero attached hydrogens (tertiary/aromatic N) is 2. The molecule has 0 aliphatic carbocycles. The van der Waals surface area contributed by atoms with Crippen LogP contribution in [-0.2, 0) is 14.8 Å². The molecule has 2 aromatic rings. The van der Waals surface area contributed by atoms with E-state index in [1.165, 1.54) is 18.6 Å². The predicted molar refractivity (Wildman–Crippen MR) is 103 cm³/mol. The van der Waals surface area contributed by atoms with Crippen LogP contribution in [0.15, 0.2) is 41.8 Å². The van der Waals surface area contributed by atoms with Gasteiger partial charge in [0.2, 0.25) is 10.0 Å². The lowest BCUT2D eigenvalue weighted by atomic mass is 10.3. The highest BCUT2D eigenvalue weighted by Gasteiger charge is 2.05. The summed E-state index contributed by atoms with van der Waals surface area (Å²) >= 11 is 11.9. The molecule has 2 rings (SSSR count).